The van der Waals surface area contributed by atoms with Crippen LogP contribution in [0.15, 0.2) is 30.3 Å². The maximum Gasteiger partial charge on any atom is 0.316 e. The minimum absolute atomic E-state index is 0.231. The monoisotopic (exact) mass is 321 g/mol. The number of esters is 1. The molecule has 0 saturated carbocycles. The number of likely N-dealkylation sites (N-methyl/N-ethyl adjacent to an activating group) is 1. The van der Waals surface area contributed by atoms with E-state index >= 15 is 0 Å². The Balaban J connectivity index is 1.67. The van der Waals surface area contributed by atoms with E-state index in [4.69, 9.17) is 4.74 Å². The molecular formula is C17H23NO5. The first-order chi connectivity index (χ1) is 10.9. The van der Waals surface area contributed by atoms with Crippen LogP contribution in [0.5, 0.6) is 0 Å². The SMILES string of the molecule is C[N@@+]1([O-])[C@H]2C[C@H](OC(=O)[C@H](CO)c3ccccc3)C[C@@H]1[C@H](O)C2. The fourth-order valence-electron chi connectivity index (χ4n) is 3.94. The van der Waals surface area contributed by atoms with E-state index in [1.807, 2.05) is 18.2 Å². The predicted molar refractivity (Wildman–Crippen MR) is 83.1 cm³/mol. The first-order valence-electron chi connectivity index (χ1n) is 8.04. The first-order valence-corrected chi connectivity index (χ1v) is 8.04. The van der Waals surface area contributed by atoms with Gasteiger partial charge in [0.25, 0.3) is 0 Å². The van der Waals surface area contributed by atoms with Crippen LogP contribution in [0.3, 0.4) is 0 Å². The molecule has 23 heavy (non-hydrogen) atoms. The third kappa shape index (κ3) is 2.99. The minimum atomic E-state index is -0.714. The van der Waals surface area contributed by atoms with Crippen LogP contribution in [-0.2, 0) is 9.53 Å². The topological polar surface area (TPSA) is 89.8 Å². The van der Waals surface area contributed by atoms with Gasteiger partial charge in [-0.1, -0.05) is 30.3 Å². The molecular weight excluding hydrogens is 298 g/mol. The summed E-state index contributed by atoms with van der Waals surface area (Å²) < 4.78 is 5.12. The number of nitrogens with zero attached hydrogens (tertiary/aromatic N) is 1. The van der Waals surface area contributed by atoms with Crippen LogP contribution in [0.25, 0.3) is 0 Å². The quantitative estimate of drug-likeness (QED) is 0.489. The Labute approximate surface area is 135 Å². The van der Waals surface area contributed by atoms with E-state index in [2.05, 4.69) is 0 Å². The normalized spacial score (nSPS) is 37.4. The lowest BCUT2D eigenvalue weighted by Gasteiger charge is -2.50. The van der Waals surface area contributed by atoms with Crippen LogP contribution in [-0.4, -0.2) is 58.8 Å². The zero-order chi connectivity index (χ0) is 16.6. The number of carbonyl (C=O) groups is 1. The maximum atomic E-state index is 12.5. The van der Waals surface area contributed by atoms with Crippen molar-refractivity contribution in [2.75, 3.05) is 13.7 Å². The summed E-state index contributed by atoms with van der Waals surface area (Å²) in [6.07, 6.45) is 0.296. The summed E-state index contributed by atoms with van der Waals surface area (Å²) in [5.41, 5.74) is 0.711. The van der Waals surface area contributed by atoms with E-state index in [0.717, 1.165) is 0 Å². The second-order valence-corrected chi connectivity index (χ2v) is 6.76. The third-order valence-electron chi connectivity index (χ3n) is 5.33. The van der Waals surface area contributed by atoms with Crippen molar-refractivity contribution in [2.24, 2.45) is 0 Å². The van der Waals surface area contributed by atoms with Gasteiger partial charge in [0.1, 0.15) is 24.2 Å². The molecule has 2 heterocycles. The molecule has 2 fully saturated rings. The molecule has 2 aliphatic heterocycles. The molecule has 0 radical (unpaired) electrons. The molecule has 126 valence electrons. The van der Waals surface area contributed by atoms with Gasteiger partial charge in [0.05, 0.1) is 19.7 Å². The average molecular weight is 321 g/mol. The molecule has 2 aliphatic rings. The molecule has 3 rings (SSSR count). The molecule has 0 spiro atoms. The number of aliphatic hydroxyl groups excluding tert-OH is 2. The van der Waals surface area contributed by atoms with Gasteiger partial charge in [-0.15, -0.1) is 0 Å². The summed E-state index contributed by atoms with van der Waals surface area (Å²) in [5.74, 6) is -1.19. The Hall–Kier alpha value is -1.47. The molecule has 0 unspecified atom stereocenters. The number of fused-ring (bicyclic) bond motifs is 2. The van der Waals surface area contributed by atoms with Crippen LogP contribution < -0.4 is 0 Å². The maximum absolute atomic E-state index is 12.5. The zero-order valence-electron chi connectivity index (χ0n) is 13.2. The summed E-state index contributed by atoms with van der Waals surface area (Å²) in [4.78, 5) is 12.4. The number of hydrogen-bond donors (Lipinski definition) is 2. The van der Waals surface area contributed by atoms with Crippen LogP contribution in [0, 0.1) is 5.21 Å². The fourth-order valence-corrected chi connectivity index (χ4v) is 3.94. The molecule has 0 amide bonds. The first kappa shape index (κ1) is 16.4. The van der Waals surface area contributed by atoms with Crippen molar-refractivity contribution >= 4 is 5.97 Å². The second-order valence-electron chi connectivity index (χ2n) is 6.76. The van der Waals surface area contributed by atoms with Gasteiger partial charge in [0, 0.05) is 19.3 Å². The van der Waals surface area contributed by atoms with Crippen LogP contribution in [0.1, 0.15) is 30.7 Å². The van der Waals surface area contributed by atoms with Gasteiger partial charge in [-0.25, -0.2) is 0 Å². The lowest BCUT2D eigenvalue weighted by molar-refractivity contribution is -0.905. The third-order valence-corrected chi connectivity index (χ3v) is 5.33. The number of benzene rings is 1. The van der Waals surface area contributed by atoms with Crippen molar-refractivity contribution in [3.05, 3.63) is 41.1 Å². The van der Waals surface area contributed by atoms with Crippen molar-refractivity contribution in [3.63, 3.8) is 0 Å². The highest BCUT2D eigenvalue weighted by Gasteiger charge is 2.53. The van der Waals surface area contributed by atoms with Crippen LogP contribution in [0.2, 0.25) is 0 Å². The highest BCUT2D eigenvalue weighted by Crippen LogP contribution is 2.41. The molecule has 6 atom stereocenters. The van der Waals surface area contributed by atoms with E-state index in [9.17, 15) is 20.2 Å². The zero-order valence-corrected chi connectivity index (χ0v) is 13.2. The number of quaternary nitrogens is 1. The van der Waals surface area contributed by atoms with Crippen molar-refractivity contribution in [1.29, 1.82) is 0 Å². The molecule has 2 saturated heterocycles. The van der Waals surface area contributed by atoms with E-state index in [1.54, 1.807) is 19.2 Å². The van der Waals surface area contributed by atoms with Gasteiger partial charge >= 0.3 is 5.97 Å². The highest BCUT2D eigenvalue weighted by atomic mass is 16.6. The van der Waals surface area contributed by atoms with Gasteiger partial charge in [-0.3, -0.25) is 4.79 Å². The molecule has 2 bridgehead atoms. The van der Waals surface area contributed by atoms with Crippen molar-refractivity contribution in [3.8, 4) is 0 Å². The Morgan fingerprint density at radius 1 is 1.35 bits per heavy atom. The van der Waals surface area contributed by atoms with E-state index in [1.165, 1.54) is 0 Å². The molecule has 6 heteroatoms. The number of hydrogen-bond acceptors (Lipinski definition) is 5. The smallest absolute Gasteiger partial charge is 0.316 e. The van der Waals surface area contributed by atoms with Gasteiger partial charge in [0.2, 0.25) is 0 Å². The summed E-state index contributed by atoms with van der Waals surface area (Å²) in [6.45, 7) is -0.319. The molecule has 0 aromatic heterocycles. The number of hydroxylamine groups is 3. The molecule has 1 aromatic carbocycles. The standard InChI is InChI=1S/C17H23NO5/c1-18(22)12-7-13(9-15(18)16(20)8-12)23-17(21)14(10-19)11-5-3-2-4-6-11/h2-6,12-16,19-20H,7-10H2,1H3/t12-,13-,14+,15+,16+,18+/m0/s1. The molecule has 2 N–H and O–H groups in total. The number of rotatable bonds is 4. The number of carbonyl (C=O) groups excluding carboxylic acids is 1. The predicted octanol–water partition coefficient (Wildman–Crippen LogP) is 0.914. The minimum Gasteiger partial charge on any atom is -0.633 e. The van der Waals surface area contributed by atoms with E-state index < -0.39 is 28.7 Å². The molecule has 6 nitrogen and oxygen atoms in total. The Kier molecular flexibility index (Phi) is 4.42. The number of aliphatic hydroxyl groups is 2. The fraction of sp³-hybridized carbons (Fsp3) is 0.588. The van der Waals surface area contributed by atoms with E-state index in [-0.39, 0.29) is 18.8 Å². The van der Waals surface area contributed by atoms with Crippen molar-refractivity contribution < 1.29 is 24.4 Å². The van der Waals surface area contributed by atoms with Crippen LogP contribution >= 0.6 is 0 Å². The largest absolute Gasteiger partial charge is 0.633 e. The molecule has 1 aromatic rings. The lowest BCUT2D eigenvalue weighted by atomic mass is 9.97. The second kappa shape index (κ2) is 6.20. The highest BCUT2D eigenvalue weighted by molar-refractivity contribution is 5.78. The summed E-state index contributed by atoms with van der Waals surface area (Å²) >= 11 is 0. The summed E-state index contributed by atoms with van der Waals surface area (Å²) in [7, 11) is 1.59. The molecule has 0 aliphatic carbocycles. The number of ether oxygens (including phenoxy) is 1. The van der Waals surface area contributed by atoms with Crippen molar-refractivity contribution in [1.82, 2.24) is 0 Å². The number of piperidine rings is 1. The Bertz CT molecular complexity index is 561. The summed E-state index contributed by atoms with van der Waals surface area (Å²) in [6, 6.07) is 8.35. The lowest BCUT2D eigenvalue weighted by Crippen LogP contribution is -2.56. The van der Waals surface area contributed by atoms with Crippen LogP contribution in [0.4, 0.5) is 0 Å². The Morgan fingerprint density at radius 3 is 2.65 bits per heavy atom. The van der Waals surface area contributed by atoms with Gasteiger partial charge in [-0.2, -0.15) is 0 Å². The van der Waals surface area contributed by atoms with Crippen molar-refractivity contribution in [2.45, 2.75) is 49.5 Å². The Morgan fingerprint density at radius 2 is 2.04 bits per heavy atom. The van der Waals surface area contributed by atoms with Gasteiger partial charge in [0.15, 0.2) is 0 Å². The van der Waals surface area contributed by atoms with Gasteiger partial charge < -0.3 is 24.8 Å². The average Bonchev–Trinajstić information content (AvgIpc) is 2.65. The van der Waals surface area contributed by atoms with E-state index in [0.29, 0.717) is 24.8 Å². The van der Waals surface area contributed by atoms with Gasteiger partial charge in [-0.05, 0) is 5.56 Å². The summed E-state index contributed by atoms with van der Waals surface area (Å²) in [5, 5.41) is 32.0.